The molecular formula is C20H26N6O. The van der Waals surface area contributed by atoms with Crippen molar-refractivity contribution in [2.45, 2.75) is 26.7 Å². The standard InChI is InChI=1S/C20H26N6O/c1-4-11-27-13-15-7-10-26(12-15)20-17-14(2)24-25(3)19(17)22-18(23-20)16-5-8-21-9-6-16/h5-6,8-9,15H,4,7,10-13H2,1-3H3. The lowest BCUT2D eigenvalue weighted by atomic mass is 10.1. The van der Waals surface area contributed by atoms with E-state index in [1.165, 1.54) is 0 Å². The molecule has 1 unspecified atom stereocenters. The fourth-order valence-corrected chi connectivity index (χ4v) is 3.73. The summed E-state index contributed by atoms with van der Waals surface area (Å²) in [7, 11) is 1.94. The molecule has 1 aliphatic rings. The van der Waals surface area contributed by atoms with Gasteiger partial charge in [0.05, 0.1) is 17.7 Å². The van der Waals surface area contributed by atoms with Crippen molar-refractivity contribution in [1.82, 2.24) is 24.7 Å². The third-order valence-electron chi connectivity index (χ3n) is 5.07. The van der Waals surface area contributed by atoms with Gasteiger partial charge in [-0.1, -0.05) is 6.92 Å². The van der Waals surface area contributed by atoms with Crippen LogP contribution < -0.4 is 4.90 Å². The summed E-state index contributed by atoms with van der Waals surface area (Å²) in [6, 6.07) is 3.89. The molecule has 0 amide bonds. The number of aryl methyl sites for hydroxylation is 2. The minimum atomic E-state index is 0.544. The Bertz CT molecular complexity index is 923. The lowest BCUT2D eigenvalue weighted by Crippen LogP contribution is -2.23. The molecule has 1 fully saturated rings. The van der Waals surface area contributed by atoms with Crippen molar-refractivity contribution in [2.75, 3.05) is 31.2 Å². The van der Waals surface area contributed by atoms with Crippen LogP contribution in [0.15, 0.2) is 24.5 Å². The summed E-state index contributed by atoms with van der Waals surface area (Å²) in [4.78, 5) is 16.2. The van der Waals surface area contributed by atoms with Crippen LogP contribution in [0, 0.1) is 12.8 Å². The van der Waals surface area contributed by atoms with E-state index in [1.54, 1.807) is 12.4 Å². The summed E-state index contributed by atoms with van der Waals surface area (Å²) >= 11 is 0. The average molecular weight is 366 g/mol. The third kappa shape index (κ3) is 3.51. The number of rotatable bonds is 6. The van der Waals surface area contributed by atoms with Gasteiger partial charge in [-0.05, 0) is 31.9 Å². The second-order valence-electron chi connectivity index (χ2n) is 7.19. The molecule has 142 valence electrons. The molecule has 7 nitrogen and oxygen atoms in total. The van der Waals surface area contributed by atoms with E-state index in [0.717, 1.165) is 67.3 Å². The highest BCUT2D eigenvalue weighted by molar-refractivity contribution is 5.91. The summed E-state index contributed by atoms with van der Waals surface area (Å²) in [5.74, 6) is 2.24. The van der Waals surface area contributed by atoms with E-state index in [4.69, 9.17) is 14.7 Å². The Morgan fingerprint density at radius 2 is 2.04 bits per heavy atom. The van der Waals surface area contributed by atoms with E-state index in [0.29, 0.717) is 11.7 Å². The van der Waals surface area contributed by atoms with Gasteiger partial charge < -0.3 is 9.64 Å². The largest absolute Gasteiger partial charge is 0.381 e. The molecule has 0 saturated carbocycles. The normalized spacial score (nSPS) is 17.1. The molecule has 4 heterocycles. The summed E-state index contributed by atoms with van der Waals surface area (Å²) < 4.78 is 7.62. The van der Waals surface area contributed by atoms with Gasteiger partial charge in [-0.2, -0.15) is 5.10 Å². The molecule has 0 aromatic carbocycles. The van der Waals surface area contributed by atoms with Gasteiger partial charge in [0.2, 0.25) is 0 Å². The second-order valence-corrected chi connectivity index (χ2v) is 7.19. The number of nitrogens with zero attached hydrogens (tertiary/aromatic N) is 6. The Morgan fingerprint density at radius 1 is 1.22 bits per heavy atom. The van der Waals surface area contributed by atoms with E-state index in [2.05, 4.69) is 21.9 Å². The Morgan fingerprint density at radius 3 is 2.81 bits per heavy atom. The van der Waals surface area contributed by atoms with E-state index in [1.807, 2.05) is 30.8 Å². The van der Waals surface area contributed by atoms with Crippen LogP contribution in [0.25, 0.3) is 22.4 Å². The van der Waals surface area contributed by atoms with Gasteiger partial charge in [0.1, 0.15) is 5.82 Å². The zero-order chi connectivity index (χ0) is 18.8. The maximum atomic E-state index is 5.78. The predicted octanol–water partition coefficient (Wildman–Crippen LogP) is 2.99. The van der Waals surface area contributed by atoms with Crippen LogP contribution in [0.2, 0.25) is 0 Å². The van der Waals surface area contributed by atoms with Crippen molar-refractivity contribution in [3.63, 3.8) is 0 Å². The van der Waals surface area contributed by atoms with Crippen molar-refractivity contribution in [3.8, 4) is 11.4 Å². The number of fused-ring (bicyclic) bond motifs is 1. The van der Waals surface area contributed by atoms with E-state index in [-0.39, 0.29) is 0 Å². The van der Waals surface area contributed by atoms with Crippen LogP contribution in [0.1, 0.15) is 25.5 Å². The van der Waals surface area contributed by atoms with E-state index < -0.39 is 0 Å². The molecule has 7 heteroatoms. The molecule has 0 radical (unpaired) electrons. The monoisotopic (exact) mass is 366 g/mol. The number of anilines is 1. The van der Waals surface area contributed by atoms with Crippen molar-refractivity contribution >= 4 is 16.9 Å². The maximum absolute atomic E-state index is 5.78. The number of ether oxygens (including phenoxy) is 1. The first-order valence-corrected chi connectivity index (χ1v) is 9.61. The molecule has 1 aliphatic heterocycles. The van der Waals surface area contributed by atoms with Gasteiger partial charge in [0.25, 0.3) is 0 Å². The highest BCUT2D eigenvalue weighted by atomic mass is 16.5. The van der Waals surface area contributed by atoms with Crippen molar-refractivity contribution < 1.29 is 4.74 Å². The van der Waals surface area contributed by atoms with Gasteiger partial charge in [0.15, 0.2) is 11.5 Å². The number of hydrogen-bond donors (Lipinski definition) is 0. The van der Waals surface area contributed by atoms with E-state index >= 15 is 0 Å². The van der Waals surface area contributed by atoms with Crippen molar-refractivity contribution in [3.05, 3.63) is 30.2 Å². The van der Waals surface area contributed by atoms with Crippen LogP contribution in [0.5, 0.6) is 0 Å². The molecule has 4 rings (SSSR count). The molecule has 1 atom stereocenters. The molecular weight excluding hydrogens is 340 g/mol. The second kappa shape index (κ2) is 7.60. The molecule has 0 aliphatic carbocycles. The summed E-state index contributed by atoms with van der Waals surface area (Å²) in [5.41, 5.74) is 2.80. The molecule has 0 N–H and O–H groups in total. The Labute approximate surface area is 159 Å². The topological polar surface area (TPSA) is 69.0 Å². The maximum Gasteiger partial charge on any atom is 0.164 e. The number of pyridine rings is 1. The van der Waals surface area contributed by atoms with Crippen LogP contribution in [0.3, 0.4) is 0 Å². The van der Waals surface area contributed by atoms with Crippen LogP contribution in [-0.2, 0) is 11.8 Å². The van der Waals surface area contributed by atoms with Crippen molar-refractivity contribution in [2.24, 2.45) is 13.0 Å². The SMILES string of the molecule is CCCOCC1CCN(c2nc(-c3ccncc3)nc3c2c(C)nn3C)C1. The van der Waals surface area contributed by atoms with Crippen LogP contribution >= 0.6 is 0 Å². The summed E-state index contributed by atoms with van der Waals surface area (Å²) in [6.07, 6.45) is 5.73. The predicted molar refractivity (Wildman–Crippen MR) is 106 cm³/mol. The minimum absolute atomic E-state index is 0.544. The zero-order valence-corrected chi connectivity index (χ0v) is 16.2. The molecule has 27 heavy (non-hydrogen) atoms. The molecule has 0 spiro atoms. The van der Waals surface area contributed by atoms with Crippen LogP contribution in [0.4, 0.5) is 5.82 Å². The molecule has 3 aromatic heterocycles. The van der Waals surface area contributed by atoms with Gasteiger partial charge in [-0.15, -0.1) is 0 Å². The van der Waals surface area contributed by atoms with Crippen LogP contribution in [-0.4, -0.2) is 51.0 Å². The lowest BCUT2D eigenvalue weighted by Gasteiger charge is -2.19. The average Bonchev–Trinajstić information content (AvgIpc) is 3.27. The minimum Gasteiger partial charge on any atom is -0.381 e. The number of aromatic nitrogens is 5. The fourth-order valence-electron chi connectivity index (χ4n) is 3.73. The van der Waals surface area contributed by atoms with Gasteiger partial charge in [-0.25, -0.2) is 9.97 Å². The first kappa shape index (κ1) is 17.9. The Hall–Kier alpha value is -2.54. The van der Waals surface area contributed by atoms with Crippen molar-refractivity contribution in [1.29, 1.82) is 0 Å². The van der Waals surface area contributed by atoms with Gasteiger partial charge in [-0.3, -0.25) is 9.67 Å². The lowest BCUT2D eigenvalue weighted by molar-refractivity contribution is 0.106. The van der Waals surface area contributed by atoms with E-state index in [9.17, 15) is 0 Å². The first-order chi connectivity index (χ1) is 13.2. The summed E-state index contributed by atoms with van der Waals surface area (Å²) in [5, 5.41) is 5.63. The molecule has 3 aromatic rings. The van der Waals surface area contributed by atoms with Gasteiger partial charge in [0, 0.05) is 50.6 Å². The highest BCUT2D eigenvalue weighted by Crippen LogP contribution is 2.32. The Balaban J connectivity index is 1.71. The number of hydrogen-bond acceptors (Lipinski definition) is 6. The highest BCUT2D eigenvalue weighted by Gasteiger charge is 2.27. The molecule has 1 saturated heterocycles. The first-order valence-electron chi connectivity index (χ1n) is 9.61. The van der Waals surface area contributed by atoms with Gasteiger partial charge >= 0.3 is 0 Å². The smallest absolute Gasteiger partial charge is 0.164 e. The summed E-state index contributed by atoms with van der Waals surface area (Å²) in [6.45, 7) is 7.77. The third-order valence-corrected chi connectivity index (χ3v) is 5.07. The Kier molecular flexibility index (Phi) is 5.03. The quantitative estimate of drug-likeness (QED) is 0.625. The molecule has 0 bridgehead atoms. The zero-order valence-electron chi connectivity index (χ0n) is 16.2. The fraction of sp³-hybridized carbons (Fsp3) is 0.500.